The molecule has 0 unspecified atom stereocenters. The fourth-order valence-corrected chi connectivity index (χ4v) is 3.16. The number of fused-ring (bicyclic) bond motifs is 1. The molecule has 3 aromatic rings. The number of carbonyl (C=O) groups excluding carboxylic acids is 1. The summed E-state index contributed by atoms with van der Waals surface area (Å²) in [6, 6.07) is 8.03. The Balaban J connectivity index is 2.04. The summed E-state index contributed by atoms with van der Waals surface area (Å²) in [4.78, 5) is 25.7. The van der Waals surface area contributed by atoms with Crippen molar-refractivity contribution in [3.63, 3.8) is 0 Å². The van der Waals surface area contributed by atoms with Crippen LogP contribution in [0, 0.1) is 12.7 Å². The smallest absolute Gasteiger partial charge is 0.258 e. The molecule has 0 aliphatic heterocycles. The summed E-state index contributed by atoms with van der Waals surface area (Å²) in [6.45, 7) is 4.08. The van der Waals surface area contributed by atoms with Crippen LogP contribution in [-0.4, -0.2) is 24.7 Å². The maximum absolute atomic E-state index is 13.8. The van der Waals surface area contributed by atoms with Crippen molar-refractivity contribution < 1.29 is 18.7 Å². The van der Waals surface area contributed by atoms with Gasteiger partial charge in [-0.2, -0.15) is 0 Å². The number of aryl methyl sites for hydroxylation is 2. The molecule has 3 rings (SSSR count). The van der Waals surface area contributed by atoms with Crippen molar-refractivity contribution in [1.82, 2.24) is 9.88 Å². The predicted molar refractivity (Wildman–Crippen MR) is 109 cm³/mol. The minimum absolute atomic E-state index is 0.163. The molecule has 6 nitrogen and oxygen atoms in total. The van der Waals surface area contributed by atoms with Crippen LogP contribution in [0.3, 0.4) is 0 Å². The number of halogens is 1. The molecule has 1 heterocycles. The zero-order valence-electron chi connectivity index (χ0n) is 16.8. The van der Waals surface area contributed by atoms with E-state index in [1.807, 2.05) is 6.92 Å². The number of carbonyl (C=O) groups is 1. The van der Waals surface area contributed by atoms with Crippen LogP contribution in [0.4, 0.5) is 4.39 Å². The number of aromatic nitrogens is 1. The molecule has 0 radical (unpaired) electrons. The Morgan fingerprint density at radius 3 is 2.34 bits per heavy atom. The maximum atomic E-state index is 13.8. The van der Waals surface area contributed by atoms with Gasteiger partial charge in [-0.25, -0.2) is 4.39 Å². The van der Waals surface area contributed by atoms with E-state index in [4.69, 9.17) is 9.47 Å². The number of hydrogen-bond donors (Lipinski definition) is 1. The third kappa shape index (κ3) is 3.94. The van der Waals surface area contributed by atoms with Crippen LogP contribution >= 0.6 is 0 Å². The van der Waals surface area contributed by atoms with Crippen LogP contribution in [0.25, 0.3) is 10.8 Å². The second-order valence-electron chi connectivity index (χ2n) is 6.65. The third-order valence-electron chi connectivity index (χ3n) is 4.86. The lowest BCUT2D eigenvalue weighted by atomic mass is 10.1. The summed E-state index contributed by atoms with van der Waals surface area (Å²) in [5.41, 5.74) is 1.30. The lowest BCUT2D eigenvalue weighted by molar-refractivity contribution is 0.0951. The van der Waals surface area contributed by atoms with Gasteiger partial charge >= 0.3 is 0 Å². The van der Waals surface area contributed by atoms with Crippen LogP contribution in [0.2, 0.25) is 0 Å². The maximum Gasteiger partial charge on any atom is 0.258 e. The Morgan fingerprint density at radius 2 is 1.76 bits per heavy atom. The number of nitrogens with one attached hydrogen (secondary N) is 1. The molecule has 0 fully saturated rings. The highest BCUT2D eigenvalue weighted by Gasteiger charge is 2.18. The Bertz CT molecular complexity index is 1140. The first-order valence-electron chi connectivity index (χ1n) is 9.22. The molecular formula is C22H23FN2O4. The van der Waals surface area contributed by atoms with Crippen LogP contribution in [-0.2, 0) is 13.1 Å². The van der Waals surface area contributed by atoms with Crippen molar-refractivity contribution in [3.8, 4) is 11.5 Å². The first-order valence-corrected chi connectivity index (χ1v) is 9.22. The summed E-state index contributed by atoms with van der Waals surface area (Å²) < 4.78 is 25.8. The molecule has 0 aliphatic carbocycles. The number of amides is 1. The third-order valence-corrected chi connectivity index (χ3v) is 4.86. The van der Waals surface area contributed by atoms with Crippen LogP contribution in [0.5, 0.6) is 11.5 Å². The molecule has 0 saturated heterocycles. The lowest BCUT2D eigenvalue weighted by Crippen LogP contribution is -2.27. The second-order valence-corrected chi connectivity index (χ2v) is 6.65. The zero-order valence-corrected chi connectivity index (χ0v) is 16.8. The van der Waals surface area contributed by atoms with E-state index in [1.54, 1.807) is 31.2 Å². The monoisotopic (exact) mass is 398 g/mol. The van der Waals surface area contributed by atoms with Gasteiger partial charge in [0.2, 0.25) is 0 Å². The van der Waals surface area contributed by atoms with E-state index in [0.29, 0.717) is 45.5 Å². The quantitative estimate of drug-likeness (QED) is 0.691. The standard InChI is InChI=1S/C22H23FN2O4/c1-5-25-12-17(21(26)24-11-14-7-6-13(2)18(23)8-14)15-9-19(28-3)20(29-4)10-16(15)22(25)27/h6-10,12H,5,11H2,1-4H3,(H,24,26). The molecule has 1 N–H and O–H groups in total. The number of methoxy groups -OCH3 is 2. The van der Waals surface area contributed by atoms with Gasteiger partial charge in [0.05, 0.1) is 25.2 Å². The number of nitrogens with zero attached hydrogens (tertiary/aromatic N) is 1. The number of ether oxygens (including phenoxy) is 2. The first kappa shape index (κ1) is 20.4. The van der Waals surface area contributed by atoms with E-state index in [2.05, 4.69) is 5.32 Å². The van der Waals surface area contributed by atoms with Gasteiger partial charge in [0.1, 0.15) is 5.82 Å². The number of hydrogen-bond acceptors (Lipinski definition) is 4. The Labute approximate surface area is 167 Å². The van der Waals surface area contributed by atoms with E-state index >= 15 is 0 Å². The van der Waals surface area contributed by atoms with Gasteiger partial charge in [-0.3, -0.25) is 9.59 Å². The Hall–Kier alpha value is -3.35. The predicted octanol–water partition coefficient (Wildman–Crippen LogP) is 3.42. The average molecular weight is 398 g/mol. The van der Waals surface area contributed by atoms with Gasteiger partial charge in [0.25, 0.3) is 11.5 Å². The van der Waals surface area contributed by atoms with Gasteiger partial charge in [0, 0.05) is 24.7 Å². The average Bonchev–Trinajstić information content (AvgIpc) is 2.73. The molecule has 7 heteroatoms. The topological polar surface area (TPSA) is 69.6 Å². The number of pyridine rings is 1. The van der Waals surface area contributed by atoms with E-state index in [9.17, 15) is 14.0 Å². The SMILES string of the molecule is CCn1cc(C(=O)NCc2ccc(C)c(F)c2)c2cc(OC)c(OC)cc2c1=O. The zero-order chi connectivity index (χ0) is 21.1. The summed E-state index contributed by atoms with van der Waals surface area (Å²) in [5, 5.41) is 3.62. The largest absolute Gasteiger partial charge is 0.493 e. The fraction of sp³-hybridized carbons (Fsp3) is 0.273. The molecule has 0 spiro atoms. The van der Waals surface area contributed by atoms with Gasteiger partial charge in [0.15, 0.2) is 11.5 Å². The molecule has 1 aromatic heterocycles. The normalized spacial score (nSPS) is 10.8. The van der Waals surface area contributed by atoms with E-state index < -0.39 is 0 Å². The molecular weight excluding hydrogens is 375 g/mol. The van der Waals surface area contributed by atoms with Gasteiger partial charge in [-0.15, -0.1) is 0 Å². The van der Waals surface area contributed by atoms with Gasteiger partial charge in [-0.05, 0) is 43.2 Å². The van der Waals surface area contributed by atoms with Crippen molar-refractivity contribution >= 4 is 16.7 Å². The van der Waals surface area contributed by atoms with Crippen molar-refractivity contribution in [2.24, 2.45) is 0 Å². The Kier molecular flexibility index (Phi) is 5.87. The molecule has 0 aliphatic rings. The van der Waals surface area contributed by atoms with Crippen molar-refractivity contribution in [2.75, 3.05) is 14.2 Å². The minimum atomic E-state index is -0.370. The minimum Gasteiger partial charge on any atom is -0.493 e. The van der Waals surface area contributed by atoms with Crippen LogP contribution in [0.1, 0.15) is 28.4 Å². The van der Waals surface area contributed by atoms with E-state index in [-0.39, 0.29) is 23.8 Å². The number of benzene rings is 2. The number of rotatable bonds is 6. The summed E-state index contributed by atoms with van der Waals surface area (Å²) in [7, 11) is 2.97. The van der Waals surface area contributed by atoms with Crippen molar-refractivity contribution in [3.05, 3.63) is 69.4 Å². The van der Waals surface area contributed by atoms with Crippen LogP contribution < -0.4 is 20.3 Å². The van der Waals surface area contributed by atoms with E-state index in [0.717, 1.165) is 0 Å². The second kappa shape index (κ2) is 8.34. The van der Waals surface area contributed by atoms with Crippen molar-refractivity contribution in [1.29, 1.82) is 0 Å². The highest BCUT2D eigenvalue weighted by molar-refractivity contribution is 6.07. The lowest BCUT2D eigenvalue weighted by Gasteiger charge is -2.14. The summed E-state index contributed by atoms with van der Waals surface area (Å²) in [6.07, 6.45) is 1.53. The highest BCUT2D eigenvalue weighted by atomic mass is 19.1. The molecule has 0 bridgehead atoms. The fourth-order valence-electron chi connectivity index (χ4n) is 3.16. The first-order chi connectivity index (χ1) is 13.9. The molecule has 152 valence electrons. The van der Waals surface area contributed by atoms with Crippen molar-refractivity contribution in [2.45, 2.75) is 26.9 Å². The molecule has 2 aromatic carbocycles. The van der Waals surface area contributed by atoms with E-state index in [1.165, 1.54) is 31.0 Å². The molecule has 29 heavy (non-hydrogen) atoms. The molecule has 0 saturated carbocycles. The summed E-state index contributed by atoms with van der Waals surface area (Å²) >= 11 is 0. The van der Waals surface area contributed by atoms with Crippen LogP contribution in [0.15, 0.2) is 41.3 Å². The summed E-state index contributed by atoms with van der Waals surface area (Å²) in [5.74, 6) is 0.139. The van der Waals surface area contributed by atoms with Gasteiger partial charge in [-0.1, -0.05) is 12.1 Å². The van der Waals surface area contributed by atoms with Gasteiger partial charge < -0.3 is 19.4 Å². The molecule has 0 atom stereocenters. The Morgan fingerprint density at radius 1 is 1.10 bits per heavy atom. The molecule has 1 amide bonds. The highest BCUT2D eigenvalue weighted by Crippen LogP contribution is 2.32.